The quantitative estimate of drug-likeness (QED) is 0.821. The summed E-state index contributed by atoms with van der Waals surface area (Å²) in [7, 11) is 0. The summed E-state index contributed by atoms with van der Waals surface area (Å²) in [5.74, 6) is 0.538. The van der Waals surface area contributed by atoms with E-state index in [0.717, 1.165) is 18.4 Å². The number of nitrogens with zero attached hydrogens (tertiary/aromatic N) is 1. The van der Waals surface area contributed by atoms with Gasteiger partial charge in [-0.3, -0.25) is 9.78 Å². The van der Waals surface area contributed by atoms with Crippen LogP contribution in [0.2, 0.25) is 0 Å². The molecule has 1 aromatic heterocycles. The Hall–Kier alpha value is -1.58. The smallest absolute Gasteiger partial charge is 0.258 e. The summed E-state index contributed by atoms with van der Waals surface area (Å²) in [5, 5.41) is 2.77. The number of aryl methyl sites for hydroxylation is 1. The van der Waals surface area contributed by atoms with Gasteiger partial charge in [-0.15, -0.1) is 0 Å². The maximum atomic E-state index is 11.4. The molecule has 0 spiro atoms. The Bertz CT molecular complexity index is 364. The van der Waals surface area contributed by atoms with Crippen LogP contribution in [0.25, 0.3) is 0 Å². The van der Waals surface area contributed by atoms with E-state index < -0.39 is 0 Å². The minimum atomic E-state index is -0.110. The zero-order valence-electron chi connectivity index (χ0n) is 10.7. The van der Waals surface area contributed by atoms with Crippen molar-refractivity contribution in [3.63, 3.8) is 0 Å². The van der Waals surface area contributed by atoms with Crippen molar-refractivity contribution in [2.75, 3.05) is 6.61 Å². The molecule has 4 heteroatoms. The average Bonchev–Trinajstić information content (AvgIpc) is 2.26. The molecule has 4 nitrogen and oxygen atoms in total. The van der Waals surface area contributed by atoms with E-state index in [2.05, 4.69) is 17.2 Å². The molecule has 1 aromatic rings. The fraction of sp³-hybridized carbons (Fsp3) is 0.538. The Morgan fingerprint density at radius 3 is 2.88 bits per heavy atom. The highest BCUT2D eigenvalue weighted by molar-refractivity contribution is 5.77. The van der Waals surface area contributed by atoms with Crippen molar-refractivity contribution < 1.29 is 9.53 Å². The van der Waals surface area contributed by atoms with Gasteiger partial charge < -0.3 is 10.1 Å². The lowest BCUT2D eigenvalue weighted by Gasteiger charge is -2.10. The number of hydrogen-bond donors (Lipinski definition) is 1. The van der Waals surface area contributed by atoms with Gasteiger partial charge in [0.2, 0.25) is 0 Å². The summed E-state index contributed by atoms with van der Waals surface area (Å²) in [6, 6.07) is 2.06. The van der Waals surface area contributed by atoms with Crippen LogP contribution in [0, 0.1) is 0 Å². The second kappa shape index (κ2) is 6.89. The highest BCUT2D eigenvalue weighted by Crippen LogP contribution is 2.12. The molecule has 0 aliphatic rings. The Balaban J connectivity index is 2.45. The molecule has 0 atom stereocenters. The molecular formula is C13H20N2O2. The number of carbonyl (C=O) groups is 1. The second-order valence-corrected chi connectivity index (χ2v) is 4.29. The fourth-order valence-corrected chi connectivity index (χ4v) is 1.48. The van der Waals surface area contributed by atoms with Crippen molar-refractivity contribution in [1.82, 2.24) is 10.3 Å². The van der Waals surface area contributed by atoms with Gasteiger partial charge in [0.15, 0.2) is 6.61 Å². The standard InChI is InChI=1S/C13H20N2O2/c1-4-5-11-6-12(8-14-7-11)17-9-13(16)15-10(2)3/h6-8,10H,4-5,9H2,1-3H3,(H,15,16). The van der Waals surface area contributed by atoms with Crippen molar-refractivity contribution >= 4 is 5.91 Å². The molecule has 1 rings (SSSR count). The maximum absolute atomic E-state index is 11.4. The van der Waals surface area contributed by atoms with Crippen LogP contribution in [-0.4, -0.2) is 23.5 Å². The van der Waals surface area contributed by atoms with E-state index >= 15 is 0 Å². The van der Waals surface area contributed by atoms with E-state index in [1.807, 2.05) is 26.1 Å². The van der Waals surface area contributed by atoms with Gasteiger partial charge in [-0.2, -0.15) is 0 Å². The fourth-order valence-electron chi connectivity index (χ4n) is 1.48. The summed E-state index contributed by atoms with van der Waals surface area (Å²) < 4.78 is 5.38. The highest BCUT2D eigenvalue weighted by atomic mass is 16.5. The monoisotopic (exact) mass is 236 g/mol. The van der Waals surface area contributed by atoms with E-state index in [1.165, 1.54) is 0 Å². The topological polar surface area (TPSA) is 51.2 Å². The molecule has 0 saturated carbocycles. The second-order valence-electron chi connectivity index (χ2n) is 4.29. The normalized spacial score (nSPS) is 10.4. The Morgan fingerprint density at radius 1 is 1.47 bits per heavy atom. The van der Waals surface area contributed by atoms with Crippen molar-refractivity contribution in [3.05, 3.63) is 24.0 Å². The third-order valence-electron chi connectivity index (χ3n) is 2.13. The highest BCUT2D eigenvalue weighted by Gasteiger charge is 2.04. The molecule has 94 valence electrons. The first kappa shape index (κ1) is 13.5. The molecule has 17 heavy (non-hydrogen) atoms. The summed E-state index contributed by atoms with van der Waals surface area (Å²) in [6.07, 6.45) is 5.49. The number of nitrogens with one attached hydrogen (secondary N) is 1. The number of aromatic nitrogens is 1. The molecule has 0 fully saturated rings. The van der Waals surface area contributed by atoms with Crippen LogP contribution in [0.3, 0.4) is 0 Å². The lowest BCUT2D eigenvalue weighted by atomic mass is 10.2. The van der Waals surface area contributed by atoms with Gasteiger partial charge in [0.25, 0.3) is 5.91 Å². The number of hydrogen-bond acceptors (Lipinski definition) is 3. The molecule has 0 bridgehead atoms. The predicted octanol–water partition coefficient (Wildman–Crippen LogP) is 1.94. The number of amides is 1. The first-order chi connectivity index (χ1) is 8.11. The van der Waals surface area contributed by atoms with Gasteiger partial charge in [-0.05, 0) is 31.9 Å². The van der Waals surface area contributed by atoms with Gasteiger partial charge in [-0.25, -0.2) is 0 Å². The van der Waals surface area contributed by atoms with Crippen molar-refractivity contribution in [3.8, 4) is 5.75 Å². The Labute approximate surface area is 102 Å². The maximum Gasteiger partial charge on any atom is 0.258 e. The number of carbonyl (C=O) groups excluding carboxylic acids is 1. The van der Waals surface area contributed by atoms with Gasteiger partial charge in [0, 0.05) is 12.2 Å². The molecule has 0 saturated heterocycles. The zero-order chi connectivity index (χ0) is 12.7. The average molecular weight is 236 g/mol. The van der Waals surface area contributed by atoms with Gasteiger partial charge >= 0.3 is 0 Å². The zero-order valence-corrected chi connectivity index (χ0v) is 10.7. The molecule has 1 N–H and O–H groups in total. The molecule has 0 aliphatic heterocycles. The van der Waals surface area contributed by atoms with Crippen LogP contribution < -0.4 is 10.1 Å². The molecule has 0 aliphatic carbocycles. The molecule has 1 amide bonds. The lowest BCUT2D eigenvalue weighted by molar-refractivity contribution is -0.123. The number of pyridine rings is 1. The molecule has 0 unspecified atom stereocenters. The predicted molar refractivity (Wildman–Crippen MR) is 67.0 cm³/mol. The molecule has 0 aromatic carbocycles. The van der Waals surface area contributed by atoms with Crippen molar-refractivity contribution in [2.45, 2.75) is 39.7 Å². The van der Waals surface area contributed by atoms with Crippen LogP contribution in [0.5, 0.6) is 5.75 Å². The Morgan fingerprint density at radius 2 is 2.24 bits per heavy atom. The summed E-state index contributed by atoms with van der Waals surface area (Å²) in [6.45, 7) is 5.99. The number of rotatable bonds is 6. The van der Waals surface area contributed by atoms with Gasteiger partial charge in [-0.1, -0.05) is 13.3 Å². The van der Waals surface area contributed by atoms with E-state index in [0.29, 0.717) is 5.75 Å². The first-order valence-corrected chi connectivity index (χ1v) is 5.98. The van der Waals surface area contributed by atoms with Crippen LogP contribution in [-0.2, 0) is 11.2 Å². The van der Waals surface area contributed by atoms with Gasteiger partial charge in [0.05, 0.1) is 6.20 Å². The third kappa shape index (κ3) is 5.33. The first-order valence-electron chi connectivity index (χ1n) is 5.98. The third-order valence-corrected chi connectivity index (χ3v) is 2.13. The summed E-state index contributed by atoms with van der Waals surface area (Å²) in [5.41, 5.74) is 1.13. The molecule has 1 heterocycles. The molecule has 0 radical (unpaired) electrons. The van der Waals surface area contributed by atoms with E-state index in [9.17, 15) is 4.79 Å². The minimum absolute atomic E-state index is 0.0371. The van der Waals surface area contributed by atoms with Crippen LogP contribution in [0.15, 0.2) is 18.5 Å². The van der Waals surface area contributed by atoms with Crippen molar-refractivity contribution in [1.29, 1.82) is 0 Å². The summed E-state index contributed by atoms with van der Waals surface area (Å²) in [4.78, 5) is 15.5. The SMILES string of the molecule is CCCc1cncc(OCC(=O)NC(C)C)c1. The Kier molecular flexibility index (Phi) is 5.46. The van der Waals surface area contributed by atoms with E-state index in [-0.39, 0.29) is 18.6 Å². The summed E-state index contributed by atoms with van der Waals surface area (Å²) >= 11 is 0. The minimum Gasteiger partial charge on any atom is -0.482 e. The van der Waals surface area contributed by atoms with Crippen molar-refractivity contribution in [2.24, 2.45) is 0 Å². The van der Waals surface area contributed by atoms with E-state index in [4.69, 9.17) is 4.74 Å². The van der Waals surface area contributed by atoms with Crippen LogP contribution in [0.1, 0.15) is 32.8 Å². The van der Waals surface area contributed by atoms with E-state index in [1.54, 1.807) is 6.20 Å². The van der Waals surface area contributed by atoms with Crippen LogP contribution >= 0.6 is 0 Å². The van der Waals surface area contributed by atoms with Gasteiger partial charge in [0.1, 0.15) is 5.75 Å². The number of ether oxygens (including phenoxy) is 1. The molecular weight excluding hydrogens is 216 g/mol. The largest absolute Gasteiger partial charge is 0.482 e. The van der Waals surface area contributed by atoms with Crippen LogP contribution in [0.4, 0.5) is 0 Å². The lowest BCUT2D eigenvalue weighted by Crippen LogP contribution is -2.34.